The lowest BCUT2D eigenvalue weighted by Gasteiger charge is -2.34. The Balaban J connectivity index is 3.11. The number of amides is 1. The molecule has 0 aromatic rings. The van der Waals surface area contributed by atoms with Crippen molar-refractivity contribution < 1.29 is 39.5 Å². The highest BCUT2D eigenvalue weighted by molar-refractivity contribution is 7.38. The van der Waals surface area contributed by atoms with Crippen molar-refractivity contribution in [3.8, 4) is 0 Å². The van der Waals surface area contributed by atoms with Crippen LogP contribution in [0.5, 0.6) is 0 Å². The molecule has 1 amide bonds. The number of aliphatic hydroxyl groups excluding tert-OH is 3. The van der Waals surface area contributed by atoms with Gasteiger partial charge in [0.15, 0.2) is 6.23 Å². The van der Waals surface area contributed by atoms with Gasteiger partial charge in [0, 0.05) is 20.8 Å². The van der Waals surface area contributed by atoms with E-state index in [-0.39, 0.29) is 35.6 Å². The van der Waals surface area contributed by atoms with Crippen molar-refractivity contribution in [3.63, 3.8) is 0 Å². The van der Waals surface area contributed by atoms with E-state index in [4.69, 9.17) is 26.5 Å². The van der Waals surface area contributed by atoms with Crippen LogP contribution in [0.3, 0.4) is 0 Å². The molecule has 1 aliphatic rings. The Morgan fingerprint density at radius 1 is 1.22 bits per heavy atom. The first-order valence-corrected chi connectivity index (χ1v) is 12.9. The molecule has 15 nitrogen and oxygen atoms in total. The number of aliphatic carboxylic acids is 1. The van der Waals surface area contributed by atoms with Gasteiger partial charge in [-0.05, 0) is 34.1 Å². The van der Waals surface area contributed by atoms with Crippen molar-refractivity contribution in [2.75, 3.05) is 13.3 Å². The maximum atomic E-state index is 13.0. The van der Waals surface area contributed by atoms with Crippen LogP contribution in [0.15, 0.2) is 11.4 Å². The van der Waals surface area contributed by atoms with E-state index >= 15 is 0 Å². The summed E-state index contributed by atoms with van der Waals surface area (Å²) in [5, 5.41) is 57.1. The number of carboxylic acid groups (broad SMARTS) is 1. The number of nitrogens with two attached hydrogens (primary N) is 2. The molecule has 1 rings (SSSR count). The lowest BCUT2D eigenvalue weighted by molar-refractivity contribution is -0.167. The molecule has 12 N–H and O–H groups in total. The van der Waals surface area contributed by atoms with Crippen LogP contribution in [0.2, 0.25) is 0 Å². The molecule has 1 fully saturated rings. The second-order valence-electron chi connectivity index (χ2n) is 9.13. The van der Waals surface area contributed by atoms with E-state index in [0.29, 0.717) is 11.4 Å². The summed E-state index contributed by atoms with van der Waals surface area (Å²) in [6.45, 7) is 7.85. The summed E-state index contributed by atoms with van der Waals surface area (Å²) in [4.78, 5) is 25.2. The second-order valence-corrected chi connectivity index (χ2v) is 10.4. The molecule has 0 aromatic heterocycles. The van der Waals surface area contributed by atoms with Crippen LogP contribution in [0, 0.1) is 5.41 Å². The number of carboxylic acids is 1. The zero-order chi connectivity index (χ0) is 28.5. The van der Waals surface area contributed by atoms with Crippen molar-refractivity contribution in [1.82, 2.24) is 20.7 Å². The smallest absolute Gasteiger partial charge is 0.357 e. The Morgan fingerprint density at radius 3 is 2.32 bits per heavy atom. The molecule has 0 aromatic carbocycles. The van der Waals surface area contributed by atoms with Crippen molar-refractivity contribution in [3.05, 3.63) is 11.4 Å². The predicted molar refractivity (Wildman–Crippen MR) is 137 cm³/mol. The average molecular weight is 552 g/mol. The van der Waals surface area contributed by atoms with Gasteiger partial charge in [-0.1, -0.05) is 13.3 Å². The Morgan fingerprint density at radius 2 is 1.84 bits per heavy atom. The minimum absolute atomic E-state index is 0.0352. The number of hydrogen-bond donors (Lipinski definition) is 10. The van der Waals surface area contributed by atoms with E-state index < -0.39 is 64.0 Å². The highest BCUT2D eigenvalue weighted by atomic mass is 31.1. The zero-order valence-electron chi connectivity index (χ0n) is 21.8. The van der Waals surface area contributed by atoms with Crippen LogP contribution in [-0.2, 0) is 19.1 Å². The lowest BCUT2D eigenvalue weighted by Crippen LogP contribution is -2.56. The van der Waals surface area contributed by atoms with Crippen LogP contribution >= 0.6 is 8.73 Å². The number of nitrogens with one attached hydrogen (secondary N) is 4. The monoisotopic (exact) mass is 551 g/mol. The van der Waals surface area contributed by atoms with E-state index in [1.807, 2.05) is 20.8 Å². The predicted octanol–water partition coefficient (Wildman–Crippen LogP) is -1.99. The summed E-state index contributed by atoms with van der Waals surface area (Å²) in [6.07, 6.45) is -5.21. The van der Waals surface area contributed by atoms with Gasteiger partial charge >= 0.3 is 5.97 Å². The maximum absolute atomic E-state index is 13.0. The van der Waals surface area contributed by atoms with E-state index in [0.717, 1.165) is 0 Å². The first-order chi connectivity index (χ1) is 17.2. The van der Waals surface area contributed by atoms with Crippen LogP contribution in [-0.4, -0.2) is 98.5 Å². The third kappa shape index (κ3) is 8.80. The Labute approximate surface area is 218 Å². The molecular weight excluding hydrogens is 509 g/mol. The van der Waals surface area contributed by atoms with Crippen molar-refractivity contribution in [1.29, 1.82) is 5.41 Å². The molecule has 0 bridgehead atoms. The van der Waals surface area contributed by atoms with Gasteiger partial charge in [-0.15, -0.1) is 0 Å². The number of carbonyl (C=O) groups excluding carboxylic acids is 1. The minimum atomic E-state index is -1.85. The molecule has 1 heterocycles. The first kappa shape index (κ1) is 33.1. The first-order valence-electron chi connectivity index (χ1n) is 11.9. The minimum Gasteiger partial charge on any atom is -0.478 e. The highest BCUT2D eigenvalue weighted by Gasteiger charge is 2.49. The lowest BCUT2D eigenvalue weighted by atomic mass is 10.1. The molecule has 0 spiro atoms. The van der Waals surface area contributed by atoms with E-state index in [1.54, 1.807) is 13.8 Å². The normalized spacial score (nSPS) is 24.4. The number of allylic oxidation sites excluding steroid dienone is 1. The number of nitrogens with zero attached hydrogens (tertiary/aromatic N) is 1. The Hall–Kier alpha value is -1.94. The van der Waals surface area contributed by atoms with E-state index in [9.17, 15) is 30.0 Å². The maximum Gasteiger partial charge on any atom is 0.357 e. The fraction of sp³-hybridized carbons (Fsp3) is 0.762. The van der Waals surface area contributed by atoms with Gasteiger partial charge in [0.05, 0.1) is 18.0 Å². The molecule has 6 unspecified atom stereocenters. The van der Waals surface area contributed by atoms with Gasteiger partial charge in [0.1, 0.15) is 30.7 Å². The molecule has 0 aliphatic carbocycles. The zero-order valence-corrected chi connectivity index (χ0v) is 22.8. The quantitative estimate of drug-likeness (QED) is 0.0190. The topological polar surface area (TPSA) is 249 Å². The number of ether oxygens (including phenoxy) is 2. The third-order valence-electron chi connectivity index (χ3n) is 5.20. The number of aliphatic hydroxyl groups is 3. The van der Waals surface area contributed by atoms with Crippen molar-refractivity contribution in [2.24, 2.45) is 11.6 Å². The molecule has 0 radical (unpaired) electrons. The number of hydrogen-bond acceptors (Lipinski definition) is 13. The van der Waals surface area contributed by atoms with Crippen molar-refractivity contribution >= 4 is 26.3 Å². The Bertz CT molecular complexity index is 831. The summed E-state index contributed by atoms with van der Waals surface area (Å²) in [5.41, 5.74) is 3.39. The second kappa shape index (κ2) is 14.9. The fourth-order valence-electron chi connectivity index (χ4n) is 3.39. The van der Waals surface area contributed by atoms with Gasteiger partial charge in [-0.25, -0.2) is 15.6 Å². The van der Waals surface area contributed by atoms with Crippen LogP contribution in [0.1, 0.15) is 47.5 Å². The molecular formula is C21H42N7O8P. The summed E-state index contributed by atoms with van der Waals surface area (Å²) >= 11 is 0. The third-order valence-corrected chi connectivity index (χ3v) is 6.78. The van der Waals surface area contributed by atoms with Gasteiger partial charge in [-0.3, -0.25) is 15.2 Å². The Kier molecular flexibility index (Phi) is 13.3. The van der Waals surface area contributed by atoms with Gasteiger partial charge in [0.25, 0.3) is 5.91 Å². The molecule has 1 saturated heterocycles. The van der Waals surface area contributed by atoms with Gasteiger partial charge in [-0.2, -0.15) is 0 Å². The van der Waals surface area contributed by atoms with Crippen LogP contribution < -0.4 is 27.3 Å². The summed E-state index contributed by atoms with van der Waals surface area (Å²) in [6, 6.07) is -0.310. The molecule has 6 atom stereocenters. The van der Waals surface area contributed by atoms with Gasteiger partial charge in [0.2, 0.25) is 5.47 Å². The standard InChI is InChI=1S/C21H42N7O8P/c1-6-7-12(22)14(23)15(25-9-29)18(32)28(24)19-17(31)16(30)13(36-19)8-35-21(20(33)34,26-10(2)3)37-27-11(4)5/h10-11,13,16-17,19,22,25-27,29-31,37H,6-9,23-24H2,1-5H3,(H,33,34)/b15-14+,22-12?. The molecule has 214 valence electrons. The molecule has 37 heavy (non-hydrogen) atoms. The molecule has 0 saturated carbocycles. The van der Waals surface area contributed by atoms with Crippen LogP contribution in [0.25, 0.3) is 0 Å². The summed E-state index contributed by atoms with van der Waals surface area (Å²) in [5.74, 6) is 3.61. The van der Waals surface area contributed by atoms with E-state index in [2.05, 4.69) is 15.7 Å². The van der Waals surface area contributed by atoms with Gasteiger partial charge < -0.3 is 46.4 Å². The van der Waals surface area contributed by atoms with Crippen LogP contribution in [0.4, 0.5) is 0 Å². The SMILES string of the molecule is CCCC(=N)/C(N)=C(\NCO)C(=O)N(N)C1OC(COC(NC(C)C)(PNC(C)C)C(=O)O)C(O)C1O. The number of hydrazine groups is 1. The molecule has 1 aliphatic heterocycles. The molecule has 16 heteroatoms. The number of rotatable bonds is 16. The fourth-order valence-corrected chi connectivity index (χ4v) is 4.51. The average Bonchev–Trinajstić information content (AvgIpc) is 3.11. The summed E-state index contributed by atoms with van der Waals surface area (Å²) < 4.78 is 11.3. The van der Waals surface area contributed by atoms with E-state index in [1.165, 1.54) is 0 Å². The summed E-state index contributed by atoms with van der Waals surface area (Å²) in [7, 11) is -0.412. The van der Waals surface area contributed by atoms with Crippen molar-refractivity contribution in [2.45, 2.75) is 89.5 Å². The number of carbonyl (C=O) groups is 2. The highest BCUT2D eigenvalue weighted by Crippen LogP contribution is 2.32. The largest absolute Gasteiger partial charge is 0.478 e.